The minimum absolute atomic E-state index is 0.00892. The molecule has 10 heteroatoms. The van der Waals surface area contributed by atoms with Crippen LogP contribution in [0.4, 0.5) is 0 Å². The molecule has 0 atom stereocenters. The Morgan fingerprint density at radius 2 is 1.54 bits per heavy atom. The summed E-state index contributed by atoms with van der Waals surface area (Å²) in [6, 6.07) is 22.5. The Morgan fingerprint density at radius 3 is 2.10 bits per heavy atom. The molecule has 1 heterocycles. The highest BCUT2D eigenvalue weighted by atomic mass is 32.2. The molecule has 0 spiro atoms. The van der Waals surface area contributed by atoms with E-state index in [2.05, 4.69) is 41.1 Å². The van der Waals surface area contributed by atoms with E-state index in [0.29, 0.717) is 11.3 Å². The van der Waals surface area contributed by atoms with Crippen LogP contribution in [0.1, 0.15) is 48.0 Å². The summed E-state index contributed by atoms with van der Waals surface area (Å²) in [5.41, 5.74) is 6.29. The number of sulfonamides is 1. The number of hydrogen-bond acceptors (Lipinski definition) is 6. The fourth-order valence-electron chi connectivity index (χ4n) is 4.05. The number of nitrogens with one attached hydrogen (secondary N) is 2. The molecule has 4 aromatic rings. The molecule has 4 rings (SSSR count). The quantitative estimate of drug-likeness (QED) is 0.237. The maximum atomic E-state index is 12.9. The van der Waals surface area contributed by atoms with Gasteiger partial charge in [-0.1, -0.05) is 75.4 Å². The standard InChI is InChI=1S/C29H31N5O4S/c1-29(2,3)22-15-11-20(12-16-22)26-27(35)25(33-34(26)5)24(19-9-7-6-8-10-19)31-32-28(36)21-13-17-23(18-14-21)39(37,38)30-4/h6-18,30,35H,1-5H3,(H,32,36)/b31-24-. The largest absolute Gasteiger partial charge is 0.504 e. The van der Waals surface area contributed by atoms with E-state index in [1.165, 1.54) is 36.9 Å². The third kappa shape index (κ3) is 5.92. The highest BCUT2D eigenvalue weighted by molar-refractivity contribution is 7.89. The number of aromatic nitrogens is 2. The van der Waals surface area contributed by atoms with E-state index in [4.69, 9.17) is 0 Å². The Morgan fingerprint density at radius 1 is 0.923 bits per heavy atom. The first kappa shape index (κ1) is 27.7. The average Bonchev–Trinajstić information content (AvgIpc) is 3.22. The first-order chi connectivity index (χ1) is 18.4. The summed E-state index contributed by atoms with van der Waals surface area (Å²) < 4.78 is 27.8. The second-order valence-corrected chi connectivity index (χ2v) is 11.9. The molecule has 3 aromatic carbocycles. The molecule has 0 saturated heterocycles. The van der Waals surface area contributed by atoms with Crippen molar-refractivity contribution in [3.05, 3.63) is 101 Å². The number of hydrogen-bond donors (Lipinski definition) is 3. The lowest BCUT2D eigenvalue weighted by Gasteiger charge is -2.19. The van der Waals surface area contributed by atoms with Gasteiger partial charge in [0.05, 0.1) is 4.90 Å². The molecule has 0 aliphatic heterocycles. The molecule has 202 valence electrons. The lowest BCUT2D eigenvalue weighted by atomic mass is 9.86. The van der Waals surface area contributed by atoms with Gasteiger partial charge in [-0.3, -0.25) is 9.48 Å². The smallest absolute Gasteiger partial charge is 0.271 e. The molecular formula is C29H31N5O4S. The Bertz CT molecular complexity index is 1620. The fraction of sp³-hybridized carbons (Fsp3) is 0.207. The van der Waals surface area contributed by atoms with Crippen LogP contribution < -0.4 is 10.1 Å². The summed E-state index contributed by atoms with van der Waals surface area (Å²) >= 11 is 0. The lowest BCUT2D eigenvalue weighted by molar-refractivity contribution is 0.0954. The Hall–Kier alpha value is -4.28. The van der Waals surface area contributed by atoms with Crippen LogP contribution in [0.5, 0.6) is 5.75 Å². The van der Waals surface area contributed by atoms with Crippen molar-refractivity contribution in [1.82, 2.24) is 19.9 Å². The number of rotatable bonds is 7. The molecule has 0 saturated carbocycles. The van der Waals surface area contributed by atoms with E-state index in [-0.39, 0.29) is 33.0 Å². The van der Waals surface area contributed by atoms with Gasteiger partial charge in [0.15, 0.2) is 11.4 Å². The number of hydrazone groups is 1. The van der Waals surface area contributed by atoms with Crippen molar-refractivity contribution in [2.24, 2.45) is 12.1 Å². The van der Waals surface area contributed by atoms with Crippen LogP contribution in [0.3, 0.4) is 0 Å². The van der Waals surface area contributed by atoms with E-state index in [1.54, 1.807) is 23.9 Å². The minimum Gasteiger partial charge on any atom is -0.504 e. The summed E-state index contributed by atoms with van der Waals surface area (Å²) in [7, 11) is -0.576. The zero-order valence-electron chi connectivity index (χ0n) is 22.4. The molecule has 0 fully saturated rings. The molecule has 9 nitrogen and oxygen atoms in total. The topological polar surface area (TPSA) is 126 Å². The summed E-state index contributed by atoms with van der Waals surface area (Å²) in [5.74, 6) is -0.621. The van der Waals surface area contributed by atoms with Crippen molar-refractivity contribution >= 4 is 21.6 Å². The van der Waals surface area contributed by atoms with Gasteiger partial charge in [-0.05, 0) is 42.3 Å². The van der Waals surface area contributed by atoms with E-state index in [1.807, 2.05) is 42.5 Å². The van der Waals surface area contributed by atoms with Crippen molar-refractivity contribution in [1.29, 1.82) is 0 Å². The van der Waals surface area contributed by atoms with Crippen LogP contribution in [-0.2, 0) is 22.5 Å². The molecule has 1 aromatic heterocycles. The lowest BCUT2D eigenvalue weighted by Crippen LogP contribution is -2.22. The summed E-state index contributed by atoms with van der Waals surface area (Å²) in [6.45, 7) is 6.41. The summed E-state index contributed by atoms with van der Waals surface area (Å²) in [6.07, 6.45) is 0. The van der Waals surface area contributed by atoms with Gasteiger partial charge in [0.25, 0.3) is 5.91 Å². The third-order valence-electron chi connectivity index (χ3n) is 6.28. The summed E-state index contributed by atoms with van der Waals surface area (Å²) in [5, 5.41) is 20.2. The van der Waals surface area contributed by atoms with Crippen molar-refractivity contribution in [3.8, 4) is 17.0 Å². The van der Waals surface area contributed by atoms with Gasteiger partial charge in [-0.15, -0.1) is 0 Å². The number of aryl methyl sites for hydroxylation is 1. The third-order valence-corrected chi connectivity index (χ3v) is 7.71. The first-order valence-corrected chi connectivity index (χ1v) is 13.7. The molecule has 0 bridgehead atoms. The zero-order valence-corrected chi connectivity index (χ0v) is 23.2. The van der Waals surface area contributed by atoms with Gasteiger partial charge >= 0.3 is 0 Å². The van der Waals surface area contributed by atoms with Crippen LogP contribution in [-0.4, -0.2) is 42.0 Å². The number of nitrogens with zero attached hydrogens (tertiary/aromatic N) is 3. The molecule has 0 aliphatic rings. The van der Waals surface area contributed by atoms with Crippen LogP contribution in [0.15, 0.2) is 88.9 Å². The molecular weight excluding hydrogens is 514 g/mol. The average molecular weight is 546 g/mol. The van der Waals surface area contributed by atoms with Crippen molar-refractivity contribution in [2.45, 2.75) is 31.1 Å². The first-order valence-electron chi connectivity index (χ1n) is 12.3. The SMILES string of the molecule is CNS(=O)(=O)c1ccc(C(=O)N/N=C(/c2ccccc2)c2nn(C)c(-c3ccc(C(C)(C)C)cc3)c2O)cc1. The molecule has 1 amide bonds. The Balaban J connectivity index is 1.70. The van der Waals surface area contributed by atoms with Gasteiger partial charge in [-0.25, -0.2) is 18.6 Å². The van der Waals surface area contributed by atoms with Crippen molar-refractivity contribution in [3.63, 3.8) is 0 Å². The number of benzene rings is 3. The van der Waals surface area contributed by atoms with Crippen LogP contribution in [0, 0.1) is 0 Å². The van der Waals surface area contributed by atoms with Gasteiger partial charge in [0, 0.05) is 23.7 Å². The van der Waals surface area contributed by atoms with E-state index < -0.39 is 15.9 Å². The van der Waals surface area contributed by atoms with Crippen LogP contribution in [0.2, 0.25) is 0 Å². The van der Waals surface area contributed by atoms with E-state index in [0.717, 1.165) is 5.56 Å². The maximum Gasteiger partial charge on any atom is 0.271 e. The zero-order chi connectivity index (χ0) is 28.4. The number of aromatic hydroxyl groups is 1. The number of amides is 1. The summed E-state index contributed by atoms with van der Waals surface area (Å²) in [4.78, 5) is 12.9. The number of carbonyl (C=O) groups is 1. The minimum atomic E-state index is -3.63. The van der Waals surface area contributed by atoms with Gasteiger partial charge in [0.1, 0.15) is 11.4 Å². The highest BCUT2D eigenvalue weighted by Gasteiger charge is 2.23. The van der Waals surface area contributed by atoms with E-state index in [9.17, 15) is 18.3 Å². The van der Waals surface area contributed by atoms with Crippen molar-refractivity contribution in [2.75, 3.05) is 7.05 Å². The second kappa shape index (κ2) is 10.8. The molecule has 0 unspecified atom stereocenters. The second-order valence-electron chi connectivity index (χ2n) is 10.00. The Kier molecular flexibility index (Phi) is 7.71. The monoisotopic (exact) mass is 545 g/mol. The van der Waals surface area contributed by atoms with Crippen LogP contribution in [0.25, 0.3) is 11.3 Å². The van der Waals surface area contributed by atoms with Crippen molar-refractivity contribution < 1.29 is 18.3 Å². The van der Waals surface area contributed by atoms with Gasteiger partial charge < -0.3 is 5.11 Å². The van der Waals surface area contributed by atoms with E-state index >= 15 is 0 Å². The normalized spacial score (nSPS) is 12.4. The molecule has 0 radical (unpaired) electrons. The van der Waals surface area contributed by atoms with Crippen LogP contribution >= 0.6 is 0 Å². The van der Waals surface area contributed by atoms with Gasteiger partial charge in [0.2, 0.25) is 10.0 Å². The molecule has 3 N–H and O–H groups in total. The highest BCUT2D eigenvalue weighted by Crippen LogP contribution is 2.34. The molecule has 39 heavy (non-hydrogen) atoms. The number of carbonyl (C=O) groups excluding carboxylic acids is 1. The Labute approximate surface area is 228 Å². The fourth-order valence-corrected chi connectivity index (χ4v) is 4.78. The molecule has 0 aliphatic carbocycles. The predicted molar refractivity (Wildman–Crippen MR) is 151 cm³/mol. The van der Waals surface area contributed by atoms with Gasteiger partial charge in [-0.2, -0.15) is 10.2 Å². The maximum absolute atomic E-state index is 12.9. The predicted octanol–water partition coefficient (Wildman–Crippen LogP) is 4.18.